The van der Waals surface area contributed by atoms with Gasteiger partial charge in [0.05, 0.1) is 17.8 Å². The Hall–Kier alpha value is -2.06. The first-order valence-corrected chi connectivity index (χ1v) is 6.28. The lowest BCUT2D eigenvalue weighted by molar-refractivity contribution is -0.144. The second-order valence-corrected chi connectivity index (χ2v) is 4.59. The lowest BCUT2D eigenvalue weighted by Gasteiger charge is -2.11. The van der Waals surface area contributed by atoms with Gasteiger partial charge in [0.25, 0.3) is 0 Å². The maximum Gasteiger partial charge on any atom is 0.434 e. The van der Waals surface area contributed by atoms with Crippen LogP contribution in [0.4, 0.5) is 26.3 Å². The van der Waals surface area contributed by atoms with Crippen molar-refractivity contribution in [1.82, 2.24) is 15.0 Å². The van der Waals surface area contributed by atoms with Crippen LogP contribution in [0.25, 0.3) is 0 Å². The Kier molecular flexibility index (Phi) is 4.17. The molecule has 0 amide bonds. The van der Waals surface area contributed by atoms with Gasteiger partial charge < -0.3 is 0 Å². The summed E-state index contributed by atoms with van der Waals surface area (Å²) in [5.41, 5.74) is -1.76. The molecule has 0 bridgehead atoms. The standard InChI is InChI=1S/C13H11F6N3/c1-2-10-11(13(17,18)19)22(21-20-10)7-8-3-5-9(6-4-8)12(14,15)16/h3-6H,2,7H2,1H3. The number of benzene rings is 1. The molecule has 2 rings (SSSR count). The summed E-state index contributed by atoms with van der Waals surface area (Å²) in [6.45, 7) is 1.21. The van der Waals surface area contributed by atoms with Crippen molar-refractivity contribution in [3.05, 3.63) is 46.8 Å². The molecule has 0 aliphatic carbocycles. The third-order valence-corrected chi connectivity index (χ3v) is 3.02. The molecule has 3 nitrogen and oxygen atoms in total. The third-order valence-electron chi connectivity index (χ3n) is 3.02. The molecule has 2 aromatic rings. The molecule has 0 aliphatic rings. The minimum atomic E-state index is -4.62. The van der Waals surface area contributed by atoms with Crippen LogP contribution < -0.4 is 0 Å². The van der Waals surface area contributed by atoms with Crippen molar-refractivity contribution in [2.45, 2.75) is 32.2 Å². The van der Waals surface area contributed by atoms with Crippen LogP contribution in [0.2, 0.25) is 0 Å². The highest BCUT2D eigenvalue weighted by Crippen LogP contribution is 2.32. The van der Waals surface area contributed by atoms with E-state index in [1.54, 1.807) is 0 Å². The van der Waals surface area contributed by atoms with E-state index < -0.39 is 23.6 Å². The molecule has 120 valence electrons. The lowest BCUT2D eigenvalue weighted by atomic mass is 10.1. The van der Waals surface area contributed by atoms with Gasteiger partial charge in [0, 0.05) is 0 Å². The van der Waals surface area contributed by atoms with Gasteiger partial charge in [-0.1, -0.05) is 24.3 Å². The summed E-state index contributed by atoms with van der Waals surface area (Å²) < 4.78 is 77.0. The van der Waals surface area contributed by atoms with Crippen molar-refractivity contribution < 1.29 is 26.3 Å². The van der Waals surface area contributed by atoms with Gasteiger partial charge in [-0.15, -0.1) is 5.10 Å². The van der Waals surface area contributed by atoms with Crippen molar-refractivity contribution in [3.63, 3.8) is 0 Å². The summed E-state index contributed by atoms with van der Waals surface area (Å²) >= 11 is 0. The average molecular weight is 323 g/mol. The SMILES string of the molecule is CCc1nnn(Cc2ccc(C(F)(F)F)cc2)c1C(F)(F)F. The lowest BCUT2D eigenvalue weighted by Crippen LogP contribution is -2.17. The van der Waals surface area contributed by atoms with E-state index in [2.05, 4.69) is 10.3 Å². The number of hydrogen-bond acceptors (Lipinski definition) is 2. The molecular weight excluding hydrogens is 312 g/mol. The van der Waals surface area contributed by atoms with Crippen molar-refractivity contribution in [1.29, 1.82) is 0 Å². The summed E-state index contributed by atoms with van der Waals surface area (Å²) in [6.07, 6.45) is -9.05. The van der Waals surface area contributed by atoms with Gasteiger partial charge in [-0.2, -0.15) is 26.3 Å². The normalized spacial score (nSPS) is 12.7. The molecule has 0 N–H and O–H groups in total. The molecule has 0 fully saturated rings. The van der Waals surface area contributed by atoms with Crippen LogP contribution in [0.1, 0.15) is 29.4 Å². The fourth-order valence-corrected chi connectivity index (χ4v) is 1.98. The fourth-order valence-electron chi connectivity index (χ4n) is 1.98. The fraction of sp³-hybridized carbons (Fsp3) is 0.385. The van der Waals surface area contributed by atoms with Crippen LogP contribution in [0.3, 0.4) is 0 Å². The minimum Gasteiger partial charge on any atom is -0.235 e. The Morgan fingerprint density at radius 3 is 2.00 bits per heavy atom. The van der Waals surface area contributed by atoms with Gasteiger partial charge in [-0.25, -0.2) is 4.68 Å². The van der Waals surface area contributed by atoms with Crippen molar-refractivity contribution in [2.24, 2.45) is 0 Å². The summed E-state index contributed by atoms with van der Waals surface area (Å²) in [7, 11) is 0. The predicted octanol–water partition coefficient (Wildman–Crippen LogP) is 3.93. The molecule has 0 saturated carbocycles. The van der Waals surface area contributed by atoms with E-state index in [1.807, 2.05) is 0 Å². The first-order valence-electron chi connectivity index (χ1n) is 6.28. The van der Waals surface area contributed by atoms with Gasteiger partial charge >= 0.3 is 12.4 Å². The quantitative estimate of drug-likeness (QED) is 0.802. The zero-order valence-electron chi connectivity index (χ0n) is 11.3. The van der Waals surface area contributed by atoms with E-state index in [0.717, 1.165) is 24.3 Å². The van der Waals surface area contributed by atoms with Gasteiger partial charge in [-0.3, -0.25) is 0 Å². The molecule has 0 saturated heterocycles. The van der Waals surface area contributed by atoms with Gasteiger partial charge in [0.2, 0.25) is 0 Å². The van der Waals surface area contributed by atoms with Crippen LogP contribution in [0.15, 0.2) is 24.3 Å². The average Bonchev–Trinajstić information content (AvgIpc) is 2.81. The summed E-state index contributed by atoms with van der Waals surface area (Å²) in [5.74, 6) is 0. The van der Waals surface area contributed by atoms with Crippen molar-refractivity contribution in [2.75, 3.05) is 0 Å². The molecule has 0 unspecified atom stereocenters. The van der Waals surface area contributed by atoms with Crippen LogP contribution in [-0.4, -0.2) is 15.0 Å². The number of nitrogens with zero attached hydrogens (tertiary/aromatic N) is 3. The van der Waals surface area contributed by atoms with E-state index in [0.29, 0.717) is 4.68 Å². The second kappa shape index (κ2) is 5.62. The topological polar surface area (TPSA) is 30.7 Å². The highest BCUT2D eigenvalue weighted by Gasteiger charge is 2.38. The molecule has 1 aromatic heterocycles. The number of rotatable bonds is 3. The Morgan fingerprint density at radius 1 is 0.955 bits per heavy atom. The predicted molar refractivity (Wildman–Crippen MR) is 64.9 cm³/mol. The Balaban J connectivity index is 2.30. The Bertz CT molecular complexity index is 639. The smallest absolute Gasteiger partial charge is 0.235 e. The van der Waals surface area contributed by atoms with Gasteiger partial charge in [-0.05, 0) is 24.1 Å². The molecule has 9 heteroatoms. The first kappa shape index (κ1) is 16.3. The maximum atomic E-state index is 13.0. The zero-order valence-corrected chi connectivity index (χ0v) is 11.3. The van der Waals surface area contributed by atoms with Crippen LogP contribution >= 0.6 is 0 Å². The minimum absolute atomic E-state index is 0.0574. The molecule has 0 aliphatic heterocycles. The monoisotopic (exact) mass is 323 g/mol. The summed E-state index contributed by atoms with van der Waals surface area (Å²) in [5, 5.41) is 6.91. The molecule has 0 radical (unpaired) electrons. The van der Waals surface area contributed by atoms with Crippen LogP contribution in [-0.2, 0) is 25.3 Å². The van der Waals surface area contributed by atoms with Crippen LogP contribution in [0, 0.1) is 0 Å². The van der Waals surface area contributed by atoms with Crippen molar-refractivity contribution in [3.8, 4) is 0 Å². The summed E-state index contributed by atoms with van der Waals surface area (Å²) in [4.78, 5) is 0. The molecule has 1 aromatic carbocycles. The Morgan fingerprint density at radius 2 is 1.55 bits per heavy atom. The first-order chi connectivity index (χ1) is 10.1. The van der Waals surface area contributed by atoms with Crippen LogP contribution in [0.5, 0.6) is 0 Å². The van der Waals surface area contributed by atoms with E-state index in [9.17, 15) is 26.3 Å². The molecule has 0 spiro atoms. The number of aromatic nitrogens is 3. The highest BCUT2D eigenvalue weighted by atomic mass is 19.4. The second-order valence-electron chi connectivity index (χ2n) is 4.59. The van der Waals surface area contributed by atoms with Gasteiger partial charge in [0.1, 0.15) is 0 Å². The zero-order chi connectivity index (χ0) is 16.5. The van der Waals surface area contributed by atoms with Gasteiger partial charge in [0.15, 0.2) is 5.69 Å². The van der Waals surface area contributed by atoms with E-state index >= 15 is 0 Å². The number of hydrogen-bond donors (Lipinski definition) is 0. The number of halogens is 6. The molecular formula is C13H11F6N3. The summed E-state index contributed by atoms with van der Waals surface area (Å²) in [6, 6.07) is 3.88. The molecule has 0 atom stereocenters. The van der Waals surface area contributed by atoms with E-state index in [4.69, 9.17) is 0 Å². The van der Waals surface area contributed by atoms with E-state index in [-0.39, 0.29) is 24.2 Å². The number of aryl methyl sites for hydroxylation is 1. The third kappa shape index (κ3) is 3.40. The maximum absolute atomic E-state index is 13.0. The largest absolute Gasteiger partial charge is 0.434 e. The highest BCUT2D eigenvalue weighted by molar-refractivity contribution is 5.25. The van der Waals surface area contributed by atoms with Crippen molar-refractivity contribution >= 4 is 0 Å². The molecule has 1 heterocycles. The Labute approximate surface area is 121 Å². The molecule has 22 heavy (non-hydrogen) atoms. The van der Waals surface area contributed by atoms with E-state index in [1.165, 1.54) is 6.92 Å². The number of alkyl halides is 6.